The van der Waals surface area contributed by atoms with Gasteiger partial charge in [0.05, 0.1) is 17.0 Å². The summed E-state index contributed by atoms with van der Waals surface area (Å²) in [5.74, 6) is 0.0379. The number of aromatic nitrogens is 2. The van der Waals surface area contributed by atoms with Gasteiger partial charge in [-0.3, -0.25) is 0 Å². The highest BCUT2D eigenvalue weighted by atomic mass is 32.2. The van der Waals surface area contributed by atoms with Gasteiger partial charge in [0.2, 0.25) is 0 Å². The van der Waals surface area contributed by atoms with Crippen molar-refractivity contribution in [2.75, 3.05) is 0 Å². The third kappa shape index (κ3) is 2.62. The van der Waals surface area contributed by atoms with Gasteiger partial charge in [0.25, 0.3) is 0 Å². The van der Waals surface area contributed by atoms with Crippen LogP contribution in [0.3, 0.4) is 0 Å². The Bertz CT molecular complexity index is 535. The second-order valence-electron chi connectivity index (χ2n) is 4.32. The summed E-state index contributed by atoms with van der Waals surface area (Å²) in [5, 5.41) is 18.1. The zero-order valence-electron chi connectivity index (χ0n) is 10.2. The average Bonchev–Trinajstić information content (AvgIpc) is 3.11. The molecule has 1 aliphatic rings. The van der Waals surface area contributed by atoms with Gasteiger partial charge in [0.1, 0.15) is 16.4 Å². The Hall–Kier alpha value is -1.61. The van der Waals surface area contributed by atoms with E-state index < -0.39 is 5.97 Å². The number of carboxylic acid groups (broad SMARTS) is 1. The monoisotopic (exact) mass is 263 g/mol. The first-order valence-corrected chi connectivity index (χ1v) is 6.59. The van der Waals surface area contributed by atoms with Gasteiger partial charge in [-0.15, -0.1) is 0 Å². The zero-order valence-corrected chi connectivity index (χ0v) is 11.0. The van der Waals surface area contributed by atoms with Gasteiger partial charge in [-0.2, -0.15) is 5.26 Å². The first kappa shape index (κ1) is 12.8. The number of aromatic carboxylic acids is 1. The molecular weight excluding hydrogens is 250 g/mol. The fraction of sp³-hybridized carbons (Fsp3) is 0.500. The summed E-state index contributed by atoms with van der Waals surface area (Å²) < 4.78 is 0. The lowest BCUT2D eigenvalue weighted by Gasteiger charge is -2.10. The van der Waals surface area contributed by atoms with Crippen molar-refractivity contribution in [3.63, 3.8) is 0 Å². The van der Waals surface area contributed by atoms with Crippen molar-refractivity contribution < 1.29 is 9.90 Å². The van der Waals surface area contributed by atoms with E-state index in [0.29, 0.717) is 22.5 Å². The number of nitrogens with zero attached hydrogens (tertiary/aromatic N) is 3. The molecule has 0 saturated heterocycles. The average molecular weight is 263 g/mol. The van der Waals surface area contributed by atoms with E-state index >= 15 is 0 Å². The smallest absolute Gasteiger partial charge is 0.340 e. The summed E-state index contributed by atoms with van der Waals surface area (Å²) in [6.07, 6.45) is 2.12. The minimum absolute atomic E-state index is 0.117. The van der Waals surface area contributed by atoms with Crippen molar-refractivity contribution in [3.05, 3.63) is 17.1 Å². The van der Waals surface area contributed by atoms with Gasteiger partial charge < -0.3 is 5.11 Å². The second-order valence-corrected chi connectivity index (χ2v) is 5.65. The molecule has 2 rings (SSSR count). The van der Waals surface area contributed by atoms with Crippen molar-refractivity contribution >= 4 is 17.7 Å². The van der Waals surface area contributed by atoms with Crippen LogP contribution in [0, 0.1) is 18.3 Å². The maximum atomic E-state index is 11.2. The highest BCUT2D eigenvalue weighted by Crippen LogP contribution is 2.39. The van der Waals surface area contributed by atoms with Crippen molar-refractivity contribution in [2.24, 2.45) is 0 Å². The molecule has 0 aliphatic heterocycles. The van der Waals surface area contributed by atoms with Crippen LogP contribution in [0.5, 0.6) is 0 Å². The van der Waals surface area contributed by atoms with Gasteiger partial charge in [0, 0.05) is 5.92 Å². The van der Waals surface area contributed by atoms with Gasteiger partial charge in [-0.05, 0) is 26.7 Å². The van der Waals surface area contributed by atoms with Crippen molar-refractivity contribution in [2.45, 2.75) is 42.9 Å². The predicted molar refractivity (Wildman–Crippen MR) is 66.6 cm³/mol. The van der Waals surface area contributed by atoms with E-state index in [2.05, 4.69) is 16.0 Å². The minimum Gasteiger partial charge on any atom is -0.478 e. The van der Waals surface area contributed by atoms with E-state index in [9.17, 15) is 9.90 Å². The van der Waals surface area contributed by atoms with E-state index in [1.165, 1.54) is 11.8 Å². The molecule has 1 saturated carbocycles. The second kappa shape index (κ2) is 4.94. The molecule has 5 nitrogen and oxygen atoms in total. The molecule has 1 atom stereocenters. The highest BCUT2D eigenvalue weighted by molar-refractivity contribution is 8.00. The number of rotatable bonds is 4. The quantitative estimate of drug-likeness (QED) is 0.662. The highest BCUT2D eigenvalue weighted by Gasteiger charge is 2.29. The molecule has 0 amide bonds. The number of nitriles is 1. The maximum Gasteiger partial charge on any atom is 0.340 e. The van der Waals surface area contributed by atoms with Gasteiger partial charge in [-0.25, -0.2) is 14.8 Å². The molecule has 1 aromatic heterocycles. The van der Waals surface area contributed by atoms with Crippen LogP contribution < -0.4 is 0 Å². The lowest BCUT2D eigenvalue weighted by atomic mass is 10.2. The number of carbonyl (C=O) groups is 1. The van der Waals surface area contributed by atoms with Gasteiger partial charge in [-0.1, -0.05) is 11.8 Å². The maximum absolute atomic E-state index is 11.2. The Morgan fingerprint density at radius 2 is 2.22 bits per heavy atom. The van der Waals surface area contributed by atoms with E-state index in [1.54, 1.807) is 13.8 Å². The number of carboxylic acids is 1. The summed E-state index contributed by atoms with van der Waals surface area (Å²) in [5.41, 5.74) is 0.596. The van der Waals surface area contributed by atoms with Crippen LogP contribution in [0.25, 0.3) is 0 Å². The van der Waals surface area contributed by atoms with Crippen LogP contribution in [0.1, 0.15) is 47.6 Å². The first-order valence-electron chi connectivity index (χ1n) is 5.71. The van der Waals surface area contributed by atoms with E-state index in [0.717, 1.165) is 12.8 Å². The van der Waals surface area contributed by atoms with Crippen LogP contribution in [0.15, 0.2) is 5.03 Å². The normalized spacial score (nSPS) is 16.1. The van der Waals surface area contributed by atoms with Crippen LogP contribution in [-0.2, 0) is 0 Å². The number of hydrogen-bond donors (Lipinski definition) is 1. The molecule has 0 aromatic carbocycles. The van der Waals surface area contributed by atoms with Crippen molar-refractivity contribution in [3.8, 4) is 6.07 Å². The molecule has 1 N–H and O–H groups in total. The molecule has 0 bridgehead atoms. The molecule has 0 radical (unpaired) electrons. The number of hydrogen-bond acceptors (Lipinski definition) is 5. The first-order chi connectivity index (χ1) is 8.52. The molecule has 1 fully saturated rings. The number of thioether (sulfide) groups is 1. The third-order valence-electron chi connectivity index (χ3n) is 2.70. The van der Waals surface area contributed by atoms with Crippen LogP contribution in [-0.4, -0.2) is 26.3 Å². The molecule has 0 spiro atoms. The van der Waals surface area contributed by atoms with E-state index in [1.807, 2.05) is 0 Å². The molecule has 6 heteroatoms. The summed E-state index contributed by atoms with van der Waals surface area (Å²) >= 11 is 1.18. The largest absolute Gasteiger partial charge is 0.478 e. The molecular formula is C12H13N3O2S. The van der Waals surface area contributed by atoms with E-state index in [-0.39, 0.29) is 10.8 Å². The summed E-state index contributed by atoms with van der Waals surface area (Å²) in [7, 11) is 0. The summed E-state index contributed by atoms with van der Waals surface area (Å²) in [6, 6.07) is 2.07. The van der Waals surface area contributed by atoms with Crippen molar-refractivity contribution in [1.82, 2.24) is 9.97 Å². The Morgan fingerprint density at radius 1 is 1.56 bits per heavy atom. The Kier molecular flexibility index (Phi) is 3.53. The van der Waals surface area contributed by atoms with E-state index in [4.69, 9.17) is 5.26 Å². The zero-order chi connectivity index (χ0) is 13.3. The summed E-state index contributed by atoms with van der Waals surface area (Å²) in [4.78, 5) is 19.8. The standard InChI is InChI=1S/C12H13N3O2S/c1-6(5-13)18-11-9(12(16)17)7(2)14-10(15-11)8-3-4-8/h6,8H,3-4H2,1-2H3,(H,16,17). The molecule has 1 unspecified atom stereocenters. The Labute approximate surface area is 109 Å². The summed E-state index contributed by atoms with van der Waals surface area (Å²) in [6.45, 7) is 3.41. The SMILES string of the molecule is Cc1nc(C2CC2)nc(SC(C)C#N)c1C(=O)O. The number of aryl methyl sites for hydroxylation is 1. The van der Waals surface area contributed by atoms with Crippen molar-refractivity contribution in [1.29, 1.82) is 5.26 Å². The van der Waals surface area contributed by atoms with Gasteiger partial charge in [0.15, 0.2) is 0 Å². The predicted octanol–water partition coefficient (Wildman–Crippen LogP) is 2.36. The lowest BCUT2D eigenvalue weighted by molar-refractivity contribution is 0.0690. The van der Waals surface area contributed by atoms with Crippen LogP contribution in [0.4, 0.5) is 0 Å². The fourth-order valence-corrected chi connectivity index (χ4v) is 2.50. The Morgan fingerprint density at radius 3 is 2.72 bits per heavy atom. The molecule has 18 heavy (non-hydrogen) atoms. The lowest BCUT2D eigenvalue weighted by Crippen LogP contribution is -2.10. The molecule has 1 aliphatic carbocycles. The fourth-order valence-electron chi connectivity index (χ4n) is 1.62. The Balaban J connectivity index is 2.44. The van der Waals surface area contributed by atoms with Gasteiger partial charge >= 0.3 is 5.97 Å². The van der Waals surface area contributed by atoms with Crippen LogP contribution in [0.2, 0.25) is 0 Å². The molecule has 94 valence electrons. The molecule has 1 heterocycles. The molecule has 1 aromatic rings. The van der Waals surface area contributed by atoms with Crippen LogP contribution >= 0.6 is 11.8 Å². The third-order valence-corrected chi connectivity index (χ3v) is 3.68. The topological polar surface area (TPSA) is 86.9 Å². The minimum atomic E-state index is -1.04.